The smallest absolute Gasteiger partial charge is 0.231 e. The van der Waals surface area contributed by atoms with Crippen LogP contribution in [0.3, 0.4) is 0 Å². The van der Waals surface area contributed by atoms with Gasteiger partial charge in [0, 0.05) is 19.0 Å². The molecule has 1 heterocycles. The summed E-state index contributed by atoms with van der Waals surface area (Å²) in [6.07, 6.45) is 5.69. The SMILES string of the molecule is CCN(CC)CCN(C(=O)C1CCCCC1)c1nc2cc(C)c(C)cc2s1.Cl. The minimum absolute atomic E-state index is 0. The third-order valence-electron chi connectivity index (χ3n) is 5.98. The molecule has 0 saturated heterocycles. The van der Waals surface area contributed by atoms with Gasteiger partial charge < -0.3 is 4.90 Å². The lowest BCUT2D eigenvalue weighted by Gasteiger charge is -2.29. The maximum atomic E-state index is 13.4. The number of halogens is 1. The number of hydrogen-bond acceptors (Lipinski definition) is 4. The molecule has 1 saturated carbocycles. The Bertz CT molecular complexity index is 742. The second-order valence-corrected chi connectivity index (χ2v) is 8.76. The summed E-state index contributed by atoms with van der Waals surface area (Å²) >= 11 is 1.66. The van der Waals surface area contributed by atoms with Gasteiger partial charge in [0.25, 0.3) is 0 Å². The Kier molecular flexibility index (Phi) is 8.72. The summed E-state index contributed by atoms with van der Waals surface area (Å²) in [5, 5.41) is 0.873. The molecule has 2 aromatic rings. The van der Waals surface area contributed by atoms with Crippen molar-refractivity contribution in [2.45, 2.75) is 59.8 Å². The third kappa shape index (κ3) is 5.25. The standard InChI is InChI=1S/C22H33N3OS.ClH/c1-5-24(6-2)12-13-25(21(26)18-10-8-7-9-11-18)22-23-19-14-16(3)17(4)15-20(19)27-22;/h14-15,18H,5-13H2,1-4H3;1H. The van der Waals surface area contributed by atoms with Crippen molar-refractivity contribution >= 4 is 45.0 Å². The Morgan fingerprint density at radius 3 is 2.36 bits per heavy atom. The summed E-state index contributed by atoms with van der Waals surface area (Å²) in [6, 6.07) is 4.36. The number of nitrogens with zero attached hydrogens (tertiary/aromatic N) is 3. The molecule has 1 aliphatic rings. The first-order valence-electron chi connectivity index (χ1n) is 10.4. The maximum Gasteiger partial charge on any atom is 0.231 e. The number of carbonyl (C=O) groups is 1. The summed E-state index contributed by atoms with van der Waals surface area (Å²) in [5.41, 5.74) is 3.56. The third-order valence-corrected chi connectivity index (χ3v) is 7.02. The van der Waals surface area contributed by atoms with E-state index in [1.54, 1.807) is 11.3 Å². The molecule has 1 amide bonds. The average molecular weight is 424 g/mol. The van der Waals surface area contributed by atoms with Gasteiger partial charge >= 0.3 is 0 Å². The maximum absolute atomic E-state index is 13.4. The van der Waals surface area contributed by atoms with Crippen LogP contribution < -0.4 is 4.90 Å². The van der Waals surface area contributed by atoms with Crippen molar-refractivity contribution in [1.82, 2.24) is 9.88 Å². The van der Waals surface area contributed by atoms with E-state index in [1.807, 2.05) is 4.90 Å². The Morgan fingerprint density at radius 2 is 1.71 bits per heavy atom. The highest BCUT2D eigenvalue weighted by molar-refractivity contribution is 7.22. The Hall–Kier alpha value is -1.17. The van der Waals surface area contributed by atoms with Crippen LogP contribution in [0.5, 0.6) is 0 Å². The first-order valence-corrected chi connectivity index (χ1v) is 11.3. The fraction of sp³-hybridized carbons (Fsp3) is 0.636. The van der Waals surface area contributed by atoms with Crippen LogP contribution in [0, 0.1) is 19.8 Å². The van der Waals surface area contributed by atoms with Crippen LogP contribution >= 0.6 is 23.7 Å². The van der Waals surface area contributed by atoms with E-state index in [0.29, 0.717) is 0 Å². The normalized spacial score (nSPS) is 15.0. The molecule has 1 aromatic carbocycles. The second kappa shape index (κ2) is 10.6. The van der Waals surface area contributed by atoms with Crippen LogP contribution in [-0.4, -0.2) is 42.0 Å². The van der Waals surface area contributed by atoms with Crippen molar-refractivity contribution in [3.8, 4) is 0 Å². The van der Waals surface area contributed by atoms with Crippen LogP contribution in [0.1, 0.15) is 57.1 Å². The molecule has 1 aliphatic carbocycles. The van der Waals surface area contributed by atoms with Gasteiger partial charge in [-0.2, -0.15) is 0 Å². The molecular weight excluding hydrogens is 390 g/mol. The number of anilines is 1. The lowest BCUT2D eigenvalue weighted by Crippen LogP contribution is -2.42. The average Bonchev–Trinajstić information content (AvgIpc) is 3.08. The van der Waals surface area contributed by atoms with Crippen molar-refractivity contribution in [2.75, 3.05) is 31.1 Å². The van der Waals surface area contributed by atoms with Crippen molar-refractivity contribution in [3.05, 3.63) is 23.3 Å². The summed E-state index contributed by atoms with van der Waals surface area (Å²) in [4.78, 5) is 22.6. The number of aromatic nitrogens is 1. The number of benzene rings is 1. The zero-order valence-electron chi connectivity index (χ0n) is 17.7. The molecule has 0 spiro atoms. The monoisotopic (exact) mass is 423 g/mol. The second-order valence-electron chi connectivity index (χ2n) is 7.75. The van der Waals surface area contributed by atoms with Gasteiger partial charge in [-0.1, -0.05) is 44.4 Å². The molecule has 1 fully saturated rings. The van der Waals surface area contributed by atoms with Gasteiger partial charge in [-0.3, -0.25) is 9.69 Å². The van der Waals surface area contributed by atoms with Crippen LogP contribution in [0.15, 0.2) is 12.1 Å². The molecule has 28 heavy (non-hydrogen) atoms. The number of likely N-dealkylation sites (N-methyl/N-ethyl adjacent to an activating group) is 1. The van der Waals surface area contributed by atoms with E-state index >= 15 is 0 Å². The van der Waals surface area contributed by atoms with E-state index in [2.05, 4.69) is 44.7 Å². The number of rotatable bonds is 7. The zero-order valence-corrected chi connectivity index (χ0v) is 19.3. The van der Waals surface area contributed by atoms with E-state index in [0.717, 1.165) is 49.7 Å². The summed E-state index contributed by atoms with van der Waals surface area (Å²) in [5.74, 6) is 0.459. The number of amides is 1. The van der Waals surface area contributed by atoms with E-state index in [4.69, 9.17) is 4.98 Å². The highest BCUT2D eigenvalue weighted by Gasteiger charge is 2.29. The van der Waals surface area contributed by atoms with E-state index < -0.39 is 0 Å². The predicted molar refractivity (Wildman–Crippen MR) is 123 cm³/mol. The molecule has 0 atom stereocenters. The molecule has 0 unspecified atom stereocenters. The molecular formula is C22H34ClN3OS. The first-order chi connectivity index (χ1) is 13.0. The van der Waals surface area contributed by atoms with Crippen molar-refractivity contribution in [2.24, 2.45) is 5.92 Å². The van der Waals surface area contributed by atoms with Crippen molar-refractivity contribution in [1.29, 1.82) is 0 Å². The van der Waals surface area contributed by atoms with Crippen LogP contribution in [0.4, 0.5) is 5.13 Å². The lowest BCUT2D eigenvalue weighted by molar-refractivity contribution is -0.123. The molecule has 0 bridgehead atoms. The lowest BCUT2D eigenvalue weighted by atomic mass is 9.88. The number of thiazole rings is 1. The van der Waals surface area contributed by atoms with Gasteiger partial charge in [0.1, 0.15) is 0 Å². The molecule has 0 radical (unpaired) electrons. The molecule has 1 aromatic heterocycles. The number of fused-ring (bicyclic) bond motifs is 1. The van der Waals surface area contributed by atoms with E-state index in [9.17, 15) is 4.79 Å². The van der Waals surface area contributed by atoms with Gasteiger partial charge in [0.05, 0.1) is 10.2 Å². The van der Waals surface area contributed by atoms with Crippen molar-refractivity contribution < 1.29 is 4.79 Å². The van der Waals surface area contributed by atoms with Crippen LogP contribution in [0.25, 0.3) is 10.2 Å². The highest BCUT2D eigenvalue weighted by Crippen LogP contribution is 2.33. The first kappa shape index (κ1) is 23.1. The largest absolute Gasteiger partial charge is 0.302 e. The van der Waals surface area contributed by atoms with E-state index in [1.165, 1.54) is 35.1 Å². The number of aryl methyl sites for hydroxylation is 2. The Labute approximate surface area is 179 Å². The molecule has 0 aliphatic heterocycles. The van der Waals surface area contributed by atoms with Gasteiger partial charge in [0.15, 0.2) is 5.13 Å². The Balaban J connectivity index is 0.00000280. The number of hydrogen-bond donors (Lipinski definition) is 0. The Morgan fingerprint density at radius 1 is 1.07 bits per heavy atom. The molecule has 6 heteroatoms. The highest BCUT2D eigenvalue weighted by atomic mass is 35.5. The van der Waals surface area contributed by atoms with Crippen molar-refractivity contribution in [3.63, 3.8) is 0 Å². The van der Waals surface area contributed by atoms with Crippen LogP contribution in [-0.2, 0) is 4.79 Å². The van der Waals surface area contributed by atoms with Gasteiger partial charge in [-0.15, -0.1) is 12.4 Å². The summed E-state index contributed by atoms with van der Waals surface area (Å²) in [6.45, 7) is 12.3. The van der Waals surface area contributed by atoms with Gasteiger partial charge in [0.2, 0.25) is 5.91 Å². The zero-order chi connectivity index (χ0) is 19.4. The summed E-state index contributed by atoms with van der Waals surface area (Å²) < 4.78 is 1.18. The van der Waals surface area contributed by atoms with Gasteiger partial charge in [-0.25, -0.2) is 4.98 Å². The molecule has 3 rings (SSSR count). The minimum atomic E-state index is 0. The van der Waals surface area contributed by atoms with E-state index in [-0.39, 0.29) is 24.2 Å². The fourth-order valence-electron chi connectivity index (χ4n) is 3.93. The van der Waals surface area contributed by atoms with Crippen LogP contribution in [0.2, 0.25) is 0 Å². The quantitative estimate of drug-likeness (QED) is 0.582. The topological polar surface area (TPSA) is 36.4 Å². The number of carbonyl (C=O) groups excluding carboxylic acids is 1. The minimum Gasteiger partial charge on any atom is -0.302 e. The fourth-order valence-corrected chi connectivity index (χ4v) is 5.01. The predicted octanol–water partition coefficient (Wildman–Crippen LogP) is 5.59. The van der Waals surface area contributed by atoms with Gasteiger partial charge in [-0.05, 0) is 63.0 Å². The molecule has 0 N–H and O–H groups in total. The molecule has 4 nitrogen and oxygen atoms in total. The molecule has 156 valence electrons. The summed E-state index contributed by atoms with van der Waals surface area (Å²) in [7, 11) is 0.